The van der Waals surface area contributed by atoms with E-state index in [1.165, 1.54) is 0 Å². The fourth-order valence-electron chi connectivity index (χ4n) is 3.30. The van der Waals surface area contributed by atoms with E-state index in [-0.39, 0.29) is 17.6 Å². The number of fused-ring (bicyclic) bond motifs is 1. The predicted octanol–water partition coefficient (Wildman–Crippen LogP) is 0.980. The first-order valence-electron chi connectivity index (χ1n) is 8.68. The quantitative estimate of drug-likeness (QED) is 0.884. The summed E-state index contributed by atoms with van der Waals surface area (Å²) in [4.78, 5) is 30.3. The molecule has 3 heterocycles. The first-order valence-corrected chi connectivity index (χ1v) is 8.68. The Kier molecular flexibility index (Phi) is 4.10. The highest BCUT2D eigenvalue weighted by Gasteiger charge is 2.31. The van der Waals surface area contributed by atoms with Crippen LogP contribution in [0.15, 0.2) is 27.5 Å². The highest BCUT2D eigenvalue weighted by molar-refractivity contribution is 5.81. The average molecular weight is 330 g/mol. The van der Waals surface area contributed by atoms with Crippen molar-refractivity contribution in [2.45, 2.75) is 38.3 Å². The molecule has 0 radical (unpaired) electrons. The molecule has 1 amide bonds. The number of aromatic nitrogens is 2. The minimum Gasteiger partial charge on any atom is -0.406 e. The number of nitrogens with zero attached hydrogens (tertiary/aromatic N) is 3. The van der Waals surface area contributed by atoms with E-state index < -0.39 is 0 Å². The van der Waals surface area contributed by atoms with E-state index in [1.807, 2.05) is 0 Å². The van der Waals surface area contributed by atoms with E-state index in [1.54, 1.807) is 22.9 Å². The van der Waals surface area contributed by atoms with Crippen molar-refractivity contribution in [2.75, 3.05) is 19.6 Å². The molecule has 1 aliphatic carbocycles. The Morgan fingerprint density at radius 2 is 2.04 bits per heavy atom. The summed E-state index contributed by atoms with van der Waals surface area (Å²) < 4.78 is 6.80. The second-order valence-corrected chi connectivity index (χ2v) is 6.74. The monoisotopic (exact) mass is 330 g/mol. The number of hydrogen-bond donors (Lipinski definition) is 1. The minimum absolute atomic E-state index is 0.232. The summed E-state index contributed by atoms with van der Waals surface area (Å²) in [5.74, 6) is 0.156. The first-order chi connectivity index (χ1) is 11.7. The molecule has 1 saturated heterocycles. The lowest BCUT2D eigenvalue weighted by atomic mass is 10.0. The van der Waals surface area contributed by atoms with Crippen LogP contribution >= 0.6 is 0 Å². The van der Waals surface area contributed by atoms with E-state index in [2.05, 4.69) is 15.2 Å². The van der Waals surface area contributed by atoms with E-state index in [0.29, 0.717) is 23.8 Å². The molecular formula is C17H22N4O3. The number of likely N-dealkylation sites (tertiary alicyclic amines) is 1. The predicted molar refractivity (Wildman–Crippen MR) is 88.6 cm³/mol. The highest BCUT2D eigenvalue weighted by atomic mass is 16.4. The van der Waals surface area contributed by atoms with Crippen molar-refractivity contribution in [3.05, 3.63) is 28.9 Å². The Balaban J connectivity index is 1.30. The van der Waals surface area contributed by atoms with E-state index in [9.17, 15) is 9.59 Å². The van der Waals surface area contributed by atoms with Gasteiger partial charge in [0.25, 0.3) is 0 Å². The fourth-order valence-corrected chi connectivity index (χ4v) is 3.30. The first kappa shape index (κ1) is 15.4. The molecular weight excluding hydrogens is 308 g/mol. The molecule has 1 saturated carbocycles. The second kappa shape index (κ2) is 6.39. The molecule has 2 fully saturated rings. The molecule has 24 heavy (non-hydrogen) atoms. The molecule has 1 aliphatic heterocycles. The molecule has 7 nitrogen and oxygen atoms in total. The Hall–Kier alpha value is -2.15. The van der Waals surface area contributed by atoms with Crippen molar-refractivity contribution in [3.8, 4) is 0 Å². The van der Waals surface area contributed by atoms with Gasteiger partial charge in [-0.15, -0.1) is 0 Å². The van der Waals surface area contributed by atoms with Crippen LogP contribution in [0.4, 0.5) is 0 Å². The number of rotatable bonds is 5. The number of piperidine rings is 1. The zero-order valence-corrected chi connectivity index (χ0v) is 13.6. The summed E-state index contributed by atoms with van der Waals surface area (Å²) in [5, 5.41) is 3.16. The van der Waals surface area contributed by atoms with Crippen LogP contribution in [0.1, 0.15) is 25.7 Å². The van der Waals surface area contributed by atoms with Crippen molar-refractivity contribution in [3.63, 3.8) is 0 Å². The second-order valence-electron chi connectivity index (χ2n) is 6.74. The van der Waals surface area contributed by atoms with Gasteiger partial charge in [0, 0.05) is 44.3 Å². The molecule has 2 aromatic rings. The molecule has 0 atom stereocenters. The maximum Gasteiger partial charge on any atom is 0.421 e. The molecule has 2 aromatic heterocycles. The molecule has 0 spiro atoms. The van der Waals surface area contributed by atoms with Gasteiger partial charge >= 0.3 is 5.76 Å². The van der Waals surface area contributed by atoms with Crippen LogP contribution in [0.5, 0.6) is 0 Å². The summed E-state index contributed by atoms with van der Waals surface area (Å²) in [6.07, 6.45) is 5.70. The largest absolute Gasteiger partial charge is 0.421 e. The van der Waals surface area contributed by atoms with Gasteiger partial charge in [0.15, 0.2) is 11.2 Å². The van der Waals surface area contributed by atoms with Crippen molar-refractivity contribution in [1.82, 2.24) is 19.8 Å². The molecule has 0 bridgehead atoms. The number of amides is 1. The number of carbonyl (C=O) groups is 1. The van der Waals surface area contributed by atoms with Gasteiger partial charge in [0.1, 0.15) is 0 Å². The Morgan fingerprint density at radius 3 is 2.79 bits per heavy atom. The lowest BCUT2D eigenvalue weighted by molar-refractivity contribution is -0.123. The fraction of sp³-hybridized carbons (Fsp3) is 0.588. The zero-order valence-electron chi connectivity index (χ0n) is 13.6. The van der Waals surface area contributed by atoms with E-state index >= 15 is 0 Å². The third-order valence-electron chi connectivity index (χ3n) is 4.95. The van der Waals surface area contributed by atoms with Crippen LogP contribution in [-0.4, -0.2) is 46.0 Å². The molecule has 0 aromatic carbocycles. The minimum atomic E-state index is -0.352. The topological polar surface area (TPSA) is 80.4 Å². The normalized spacial score (nSPS) is 19.7. The van der Waals surface area contributed by atoms with E-state index in [4.69, 9.17) is 4.42 Å². The van der Waals surface area contributed by atoms with Crippen LogP contribution in [-0.2, 0) is 11.3 Å². The molecule has 0 unspecified atom stereocenters. The van der Waals surface area contributed by atoms with Crippen LogP contribution < -0.4 is 11.1 Å². The van der Waals surface area contributed by atoms with Crippen LogP contribution in [0, 0.1) is 5.92 Å². The summed E-state index contributed by atoms with van der Waals surface area (Å²) in [6.45, 7) is 3.23. The Bertz CT molecular complexity index is 784. The molecule has 2 aliphatic rings. The highest BCUT2D eigenvalue weighted by Crippen LogP contribution is 2.29. The molecule has 1 N–H and O–H groups in total. The number of hydrogen-bond acceptors (Lipinski definition) is 5. The maximum atomic E-state index is 11.9. The van der Waals surface area contributed by atoms with Crippen LogP contribution in [0.3, 0.4) is 0 Å². The number of pyridine rings is 1. The molecule has 128 valence electrons. The summed E-state index contributed by atoms with van der Waals surface area (Å²) in [6, 6.07) is 3.82. The van der Waals surface area contributed by atoms with Gasteiger partial charge < -0.3 is 14.6 Å². The van der Waals surface area contributed by atoms with Crippen molar-refractivity contribution < 1.29 is 9.21 Å². The summed E-state index contributed by atoms with van der Waals surface area (Å²) in [7, 11) is 0. The molecule has 4 rings (SSSR count). The van der Waals surface area contributed by atoms with Gasteiger partial charge in [-0.1, -0.05) is 0 Å². The maximum absolute atomic E-state index is 11.9. The lowest BCUT2D eigenvalue weighted by Gasteiger charge is -2.32. The van der Waals surface area contributed by atoms with Gasteiger partial charge in [-0.2, -0.15) is 0 Å². The Labute approximate surface area is 139 Å². The SMILES string of the molecule is O=C(NC1CCN(CCn2c(=O)oc3cccnc32)CC1)C1CC1. The standard InChI is InChI=1S/C17H22N4O3/c22-16(12-3-4-12)19-13-5-8-20(9-6-13)10-11-21-15-14(24-17(21)23)2-1-7-18-15/h1-2,7,12-13H,3-6,8-11H2,(H,19,22). The van der Waals surface area contributed by atoms with Crippen LogP contribution in [0.25, 0.3) is 11.2 Å². The van der Waals surface area contributed by atoms with Gasteiger partial charge in [-0.3, -0.25) is 9.36 Å². The van der Waals surface area contributed by atoms with Gasteiger partial charge in [-0.05, 0) is 37.8 Å². The lowest BCUT2D eigenvalue weighted by Crippen LogP contribution is -2.46. The third-order valence-corrected chi connectivity index (χ3v) is 4.95. The van der Waals surface area contributed by atoms with Crippen LogP contribution in [0.2, 0.25) is 0 Å². The summed E-state index contributed by atoms with van der Waals surface area (Å²) in [5.41, 5.74) is 1.14. The smallest absolute Gasteiger partial charge is 0.406 e. The number of carbonyl (C=O) groups excluding carboxylic acids is 1. The van der Waals surface area contributed by atoms with Gasteiger partial charge in [0.2, 0.25) is 5.91 Å². The average Bonchev–Trinajstić information content (AvgIpc) is 3.38. The van der Waals surface area contributed by atoms with E-state index in [0.717, 1.165) is 45.3 Å². The number of oxazole rings is 1. The van der Waals surface area contributed by atoms with Crippen molar-refractivity contribution in [2.24, 2.45) is 5.92 Å². The Morgan fingerprint density at radius 1 is 1.25 bits per heavy atom. The number of nitrogens with one attached hydrogen (secondary N) is 1. The van der Waals surface area contributed by atoms with Gasteiger partial charge in [-0.25, -0.2) is 9.78 Å². The zero-order chi connectivity index (χ0) is 16.5. The summed E-state index contributed by atoms with van der Waals surface area (Å²) >= 11 is 0. The van der Waals surface area contributed by atoms with Crippen molar-refractivity contribution >= 4 is 17.1 Å². The molecule has 7 heteroatoms. The van der Waals surface area contributed by atoms with Gasteiger partial charge in [0.05, 0.1) is 0 Å². The van der Waals surface area contributed by atoms with Crippen molar-refractivity contribution in [1.29, 1.82) is 0 Å². The third kappa shape index (κ3) is 3.21.